The second-order valence-electron chi connectivity index (χ2n) is 3.54. The molecular formula is C11H16S2. The second-order valence-corrected chi connectivity index (χ2v) is 6.07. The van der Waals surface area contributed by atoms with E-state index in [9.17, 15) is 0 Å². The maximum atomic E-state index is 2.42. The van der Waals surface area contributed by atoms with Gasteiger partial charge < -0.3 is 0 Å². The van der Waals surface area contributed by atoms with E-state index in [1.54, 1.807) is 9.81 Å². The van der Waals surface area contributed by atoms with Crippen molar-refractivity contribution in [3.05, 3.63) is 22.0 Å². The van der Waals surface area contributed by atoms with Crippen LogP contribution in [0.3, 0.4) is 0 Å². The van der Waals surface area contributed by atoms with Crippen molar-refractivity contribution in [2.24, 2.45) is 0 Å². The molecule has 1 saturated heterocycles. The lowest BCUT2D eigenvalue weighted by Gasteiger charge is -2.15. The molecular weight excluding hydrogens is 196 g/mol. The molecule has 2 aliphatic rings. The first-order chi connectivity index (χ1) is 6.45. The lowest BCUT2D eigenvalue weighted by atomic mass is 10.00. The average Bonchev–Trinajstić information content (AvgIpc) is 2.21. The molecule has 0 spiro atoms. The van der Waals surface area contributed by atoms with Crippen molar-refractivity contribution in [3.8, 4) is 0 Å². The van der Waals surface area contributed by atoms with Gasteiger partial charge >= 0.3 is 0 Å². The van der Waals surface area contributed by atoms with Crippen LogP contribution < -0.4 is 0 Å². The Morgan fingerprint density at radius 3 is 2.62 bits per heavy atom. The van der Waals surface area contributed by atoms with Crippen LogP contribution in [0.5, 0.6) is 0 Å². The Hall–Kier alpha value is 0.180. The highest BCUT2D eigenvalue weighted by Crippen LogP contribution is 2.36. The molecule has 2 heteroatoms. The summed E-state index contributed by atoms with van der Waals surface area (Å²) in [5, 5.41) is 0. The van der Waals surface area contributed by atoms with E-state index in [-0.39, 0.29) is 0 Å². The minimum Gasteiger partial charge on any atom is -0.119 e. The average molecular weight is 212 g/mol. The van der Waals surface area contributed by atoms with Crippen LogP contribution in [0.4, 0.5) is 0 Å². The number of rotatable bonds is 1. The maximum absolute atomic E-state index is 2.42. The van der Waals surface area contributed by atoms with Gasteiger partial charge in [-0.1, -0.05) is 11.6 Å². The molecule has 1 aliphatic heterocycles. The van der Waals surface area contributed by atoms with Gasteiger partial charge in [0.15, 0.2) is 0 Å². The highest BCUT2D eigenvalue weighted by Gasteiger charge is 2.08. The van der Waals surface area contributed by atoms with Crippen LogP contribution in [-0.2, 0) is 0 Å². The molecule has 2 rings (SSSR count). The summed E-state index contributed by atoms with van der Waals surface area (Å²) in [4.78, 5) is 0. The fourth-order valence-corrected chi connectivity index (χ4v) is 4.14. The molecule has 13 heavy (non-hydrogen) atoms. The Kier molecular flexibility index (Phi) is 3.86. The van der Waals surface area contributed by atoms with Crippen LogP contribution in [-0.4, -0.2) is 11.5 Å². The molecule has 1 fully saturated rings. The molecule has 0 aromatic rings. The van der Waals surface area contributed by atoms with E-state index in [4.69, 9.17) is 0 Å². The molecule has 1 aliphatic carbocycles. The summed E-state index contributed by atoms with van der Waals surface area (Å²) >= 11 is 4.08. The topological polar surface area (TPSA) is 0 Å². The Bertz CT molecular complexity index is 220. The predicted molar refractivity (Wildman–Crippen MR) is 64.2 cm³/mol. The van der Waals surface area contributed by atoms with Crippen molar-refractivity contribution >= 4 is 23.5 Å². The zero-order valence-corrected chi connectivity index (χ0v) is 9.55. The van der Waals surface area contributed by atoms with Crippen LogP contribution in [0.15, 0.2) is 22.0 Å². The molecule has 0 N–H and O–H groups in total. The smallest absolute Gasteiger partial charge is 0.0403 e. The molecule has 72 valence electrons. The van der Waals surface area contributed by atoms with Crippen molar-refractivity contribution in [2.45, 2.75) is 32.1 Å². The highest BCUT2D eigenvalue weighted by molar-refractivity contribution is 8.22. The lowest BCUT2D eigenvalue weighted by Crippen LogP contribution is -1.94. The third-order valence-corrected chi connectivity index (χ3v) is 4.90. The van der Waals surface area contributed by atoms with E-state index < -0.39 is 0 Å². The number of thioether (sulfide) groups is 2. The van der Waals surface area contributed by atoms with Gasteiger partial charge in [0.2, 0.25) is 0 Å². The van der Waals surface area contributed by atoms with Gasteiger partial charge in [0.1, 0.15) is 0 Å². The summed E-state index contributed by atoms with van der Waals surface area (Å²) in [5.41, 5.74) is 1.59. The first-order valence-corrected chi connectivity index (χ1v) is 7.08. The monoisotopic (exact) mass is 212 g/mol. The molecule has 0 bridgehead atoms. The van der Waals surface area contributed by atoms with E-state index >= 15 is 0 Å². The van der Waals surface area contributed by atoms with E-state index in [0.717, 1.165) is 0 Å². The number of allylic oxidation sites excluding steroid dienone is 3. The first-order valence-electron chi connectivity index (χ1n) is 5.11. The molecule has 0 atom stereocenters. The Morgan fingerprint density at radius 1 is 1.08 bits per heavy atom. The molecule has 1 heterocycles. The van der Waals surface area contributed by atoms with E-state index in [0.29, 0.717) is 0 Å². The molecule has 0 saturated carbocycles. The van der Waals surface area contributed by atoms with Crippen molar-refractivity contribution in [2.75, 3.05) is 11.5 Å². The minimum atomic E-state index is 1.30. The maximum Gasteiger partial charge on any atom is 0.0403 e. The Labute approximate surface area is 89.2 Å². The molecule has 0 unspecified atom stereocenters. The minimum absolute atomic E-state index is 1.30. The summed E-state index contributed by atoms with van der Waals surface area (Å²) in [7, 11) is 0. The summed E-state index contributed by atoms with van der Waals surface area (Å²) in [6, 6.07) is 0. The molecule has 0 aromatic carbocycles. The van der Waals surface area contributed by atoms with Crippen LogP contribution in [0.1, 0.15) is 32.1 Å². The van der Waals surface area contributed by atoms with E-state index in [1.807, 2.05) is 23.5 Å². The van der Waals surface area contributed by atoms with Crippen molar-refractivity contribution in [1.29, 1.82) is 0 Å². The summed E-state index contributed by atoms with van der Waals surface area (Å²) in [6.07, 6.45) is 11.6. The predicted octanol–water partition coefficient (Wildman–Crippen LogP) is 4.20. The SMILES string of the molecule is C1=C(C=C2SCCCS2)CCCC1. The van der Waals surface area contributed by atoms with Crippen molar-refractivity contribution in [3.63, 3.8) is 0 Å². The first kappa shape index (κ1) is 9.72. The van der Waals surface area contributed by atoms with Gasteiger partial charge in [-0.25, -0.2) is 0 Å². The fraction of sp³-hybridized carbons (Fsp3) is 0.636. The van der Waals surface area contributed by atoms with Gasteiger partial charge in [-0.15, -0.1) is 23.5 Å². The van der Waals surface area contributed by atoms with Gasteiger partial charge in [0.05, 0.1) is 0 Å². The van der Waals surface area contributed by atoms with Crippen LogP contribution >= 0.6 is 23.5 Å². The summed E-state index contributed by atoms with van der Waals surface area (Å²) in [5.74, 6) is 2.65. The third-order valence-electron chi connectivity index (χ3n) is 2.41. The quantitative estimate of drug-likeness (QED) is 0.639. The number of hydrogen-bond acceptors (Lipinski definition) is 2. The van der Waals surface area contributed by atoms with Gasteiger partial charge in [-0.05, 0) is 49.7 Å². The normalized spacial score (nSPS) is 24.0. The zero-order valence-electron chi connectivity index (χ0n) is 7.92. The van der Waals surface area contributed by atoms with Crippen molar-refractivity contribution < 1.29 is 0 Å². The van der Waals surface area contributed by atoms with E-state index in [2.05, 4.69) is 12.2 Å². The number of hydrogen-bond donors (Lipinski definition) is 0. The fourth-order valence-electron chi connectivity index (χ4n) is 1.67. The van der Waals surface area contributed by atoms with Crippen LogP contribution in [0, 0.1) is 0 Å². The summed E-state index contributed by atoms with van der Waals surface area (Å²) in [6.45, 7) is 0. The Morgan fingerprint density at radius 2 is 1.92 bits per heavy atom. The lowest BCUT2D eigenvalue weighted by molar-refractivity contribution is 0.712. The second kappa shape index (κ2) is 5.16. The Balaban J connectivity index is 1.96. The molecule has 0 aromatic heterocycles. The van der Waals surface area contributed by atoms with E-state index in [1.165, 1.54) is 43.6 Å². The summed E-state index contributed by atoms with van der Waals surface area (Å²) < 4.78 is 1.56. The van der Waals surface area contributed by atoms with Gasteiger partial charge in [-0.2, -0.15) is 0 Å². The van der Waals surface area contributed by atoms with Gasteiger partial charge in [0, 0.05) is 4.24 Å². The highest BCUT2D eigenvalue weighted by atomic mass is 32.2. The molecule has 0 amide bonds. The van der Waals surface area contributed by atoms with Crippen molar-refractivity contribution in [1.82, 2.24) is 0 Å². The third kappa shape index (κ3) is 3.10. The van der Waals surface area contributed by atoms with Gasteiger partial charge in [-0.3, -0.25) is 0 Å². The molecule has 0 radical (unpaired) electrons. The molecule has 0 nitrogen and oxygen atoms in total. The standard InChI is InChI=1S/C11H16S2/c1-2-5-10(6-3-1)9-11-12-7-4-8-13-11/h5,9H,1-4,6-8H2. The van der Waals surface area contributed by atoms with Crippen LogP contribution in [0.25, 0.3) is 0 Å². The zero-order chi connectivity index (χ0) is 8.93. The largest absolute Gasteiger partial charge is 0.119 e. The van der Waals surface area contributed by atoms with Crippen LogP contribution in [0.2, 0.25) is 0 Å². The van der Waals surface area contributed by atoms with Gasteiger partial charge in [0.25, 0.3) is 0 Å².